The van der Waals surface area contributed by atoms with Crippen molar-refractivity contribution in [1.82, 2.24) is 4.90 Å². The van der Waals surface area contributed by atoms with E-state index in [1.54, 1.807) is 23.7 Å². The number of thioether (sulfide) groups is 1. The number of nitrogens with zero attached hydrogens (tertiary/aromatic N) is 2. The molecule has 0 aliphatic rings. The maximum atomic E-state index is 13.3. The third-order valence-electron chi connectivity index (χ3n) is 3.09. The summed E-state index contributed by atoms with van der Waals surface area (Å²) in [7, 11) is 1.65. The highest BCUT2D eigenvalue weighted by atomic mass is 32.2. The molecule has 0 aliphatic carbocycles. The highest BCUT2D eigenvalue weighted by molar-refractivity contribution is 7.98. The molecule has 0 saturated carbocycles. The Kier molecular flexibility index (Phi) is 5.94. The lowest BCUT2D eigenvalue weighted by Crippen LogP contribution is -2.38. The van der Waals surface area contributed by atoms with Crippen LogP contribution in [0.25, 0.3) is 0 Å². The predicted molar refractivity (Wildman–Crippen MR) is 77.6 cm³/mol. The van der Waals surface area contributed by atoms with Crippen LogP contribution in [-0.4, -0.2) is 40.8 Å². The Morgan fingerprint density at radius 2 is 2.20 bits per heavy atom. The molecule has 0 heterocycles. The lowest BCUT2D eigenvalue weighted by atomic mass is 10.1. The molecule has 0 saturated heterocycles. The molecule has 0 fully saturated rings. The number of hydrogen-bond donors (Lipinski definition) is 0. The molecule has 0 radical (unpaired) electrons. The van der Waals surface area contributed by atoms with Gasteiger partial charge in [-0.25, -0.2) is 0 Å². The van der Waals surface area contributed by atoms with E-state index in [9.17, 15) is 19.3 Å². The second-order valence-electron chi connectivity index (χ2n) is 4.36. The zero-order valence-corrected chi connectivity index (χ0v) is 12.4. The Hall–Kier alpha value is -1.63. The van der Waals surface area contributed by atoms with E-state index in [-0.39, 0.29) is 17.5 Å². The molecule has 5 nitrogen and oxygen atoms in total. The van der Waals surface area contributed by atoms with Gasteiger partial charge in [-0.2, -0.15) is 16.2 Å². The number of benzene rings is 1. The fourth-order valence-corrected chi connectivity index (χ4v) is 2.70. The van der Waals surface area contributed by atoms with Gasteiger partial charge in [-0.05, 0) is 24.8 Å². The van der Waals surface area contributed by atoms with Gasteiger partial charge in [0.15, 0.2) is 0 Å². The first-order chi connectivity index (χ1) is 9.42. The second-order valence-corrected chi connectivity index (χ2v) is 5.27. The molecule has 0 spiro atoms. The van der Waals surface area contributed by atoms with Gasteiger partial charge in [0.25, 0.3) is 5.91 Å². The van der Waals surface area contributed by atoms with Crippen LogP contribution >= 0.6 is 11.8 Å². The summed E-state index contributed by atoms with van der Waals surface area (Å²) < 4.78 is 13.3. The van der Waals surface area contributed by atoms with Crippen LogP contribution < -0.4 is 0 Å². The summed E-state index contributed by atoms with van der Waals surface area (Å²) in [6.07, 6.45) is 2.73. The number of hydrogen-bond acceptors (Lipinski definition) is 4. The van der Waals surface area contributed by atoms with Crippen molar-refractivity contribution in [2.75, 3.05) is 19.1 Å². The Labute approximate surface area is 121 Å². The number of halogens is 1. The highest BCUT2D eigenvalue weighted by Gasteiger charge is 2.23. The number of amides is 1. The third kappa shape index (κ3) is 3.69. The summed E-state index contributed by atoms with van der Waals surface area (Å²) in [6.45, 7) is 1.97. The molecular formula is C13H17FN2O3S. The van der Waals surface area contributed by atoms with Gasteiger partial charge in [-0.15, -0.1) is 0 Å². The van der Waals surface area contributed by atoms with Crippen LogP contribution in [-0.2, 0) is 0 Å². The molecule has 1 unspecified atom stereocenters. The average Bonchev–Trinajstić information content (AvgIpc) is 2.43. The van der Waals surface area contributed by atoms with Gasteiger partial charge in [-0.1, -0.05) is 6.92 Å². The van der Waals surface area contributed by atoms with Gasteiger partial charge < -0.3 is 4.90 Å². The van der Waals surface area contributed by atoms with E-state index < -0.39 is 16.4 Å². The van der Waals surface area contributed by atoms with E-state index in [2.05, 4.69) is 0 Å². The summed E-state index contributed by atoms with van der Waals surface area (Å²) in [6, 6.07) is 3.25. The molecule has 1 aromatic rings. The van der Waals surface area contributed by atoms with Crippen LogP contribution in [0, 0.1) is 15.9 Å². The van der Waals surface area contributed by atoms with Crippen LogP contribution in [0.5, 0.6) is 0 Å². The molecule has 7 heteroatoms. The van der Waals surface area contributed by atoms with Crippen molar-refractivity contribution in [2.45, 2.75) is 19.4 Å². The second kappa shape index (κ2) is 7.23. The smallest absolute Gasteiger partial charge is 0.305 e. The molecule has 110 valence electrons. The standard InChI is InChI=1S/C13H17FN2O3S/c1-4-10(8-20-3)15(2)13(17)9-5-6-11(14)12(7-9)16(18)19/h5-7,10H,4,8H2,1-3H3. The van der Waals surface area contributed by atoms with Gasteiger partial charge in [-0.3, -0.25) is 14.9 Å². The number of nitro benzene ring substituents is 1. The fourth-order valence-electron chi connectivity index (χ4n) is 1.85. The van der Waals surface area contributed by atoms with E-state index in [4.69, 9.17) is 0 Å². The third-order valence-corrected chi connectivity index (χ3v) is 3.81. The van der Waals surface area contributed by atoms with Gasteiger partial charge in [0.05, 0.1) is 4.92 Å². The maximum absolute atomic E-state index is 13.3. The quantitative estimate of drug-likeness (QED) is 0.598. The van der Waals surface area contributed by atoms with Gasteiger partial charge in [0.2, 0.25) is 5.82 Å². The lowest BCUT2D eigenvalue weighted by molar-refractivity contribution is -0.387. The average molecular weight is 300 g/mol. The first-order valence-electron chi connectivity index (χ1n) is 6.12. The Morgan fingerprint density at radius 1 is 1.55 bits per heavy atom. The van der Waals surface area contributed by atoms with E-state index in [1.165, 1.54) is 6.07 Å². The molecule has 20 heavy (non-hydrogen) atoms. The van der Waals surface area contributed by atoms with E-state index in [1.807, 2.05) is 13.2 Å². The summed E-state index contributed by atoms with van der Waals surface area (Å²) in [5.41, 5.74) is -0.553. The summed E-state index contributed by atoms with van der Waals surface area (Å²) >= 11 is 1.62. The summed E-state index contributed by atoms with van der Waals surface area (Å²) in [4.78, 5) is 23.7. The fraction of sp³-hybridized carbons (Fsp3) is 0.462. The van der Waals surface area contributed by atoms with Crippen LogP contribution in [0.3, 0.4) is 0 Å². The summed E-state index contributed by atoms with van der Waals surface area (Å²) in [5.74, 6) is -0.499. The first kappa shape index (κ1) is 16.4. The Balaban J connectivity index is 3.02. The Morgan fingerprint density at radius 3 is 2.70 bits per heavy atom. The monoisotopic (exact) mass is 300 g/mol. The molecule has 1 amide bonds. The van der Waals surface area contributed by atoms with Crippen LogP contribution in [0.2, 0.25) is 0 Å². The molecule has 0 aliphatic heterocycles. The van der Waals surface area contributed by atoms with Crippen LogP contribution in [0.15, 0.2) is 18.2 Å². The maximum Gasteiger partial charge on any atom is 0.305 e. The van der Waals surface area contributed by atoms with E-state index in [0.717, 1.165) is 24.3 Å². The van der Waals surface area contributed by atoms with Crippen LogP contribution in [0.4, 0.5) is 10.1 Å². The van der Waals surface area contributed by atoms with Crippen molar-refractivity contribution < 1.29 is 14.1 Å². The topological polar surface area (TPSA) is 63.5 Å². The molecular weight excluding hydrogens is 283 g/mol. The molecule has 1 rings (SSSR count). The van der Waals surface area contributed by atoms with Crippen molar-refractivity contribution in [3.8, 4) is 0 Å². The first-order valence-corrected chi connectivity index (χ1v) is 7.51. The highest BCUT2D eigenvalue weighted by Crippen LogP contribution is 2.20. The molecule has 1 atom stereocenters. The number of carbonyl (C=O) groups excluding carboxylic acids is 1. The van der Waals surface area contributed by atoms with Crippen molar-refractivity contribution in [3.63, 3.8) is 0 Å². The molecule has 0 aromatic heterocycles. The SMILES string of the molecule is CCC(CSC)N(C)C(=O)c1ccc(F)c([N+](=O)[O-])c1. The number of rotatable bonds is 6. The van der Waals surface area contributed by atoms with Crippen molar-refractivity contribution in [1.29, 1.82) is 0 Å². The zero-order chi connectivity index (χ0) is 15.3. The van der Waals surface area contributed by atoms with Gasteiger partial charge >= 0.3 is 5.69 Å². The largest absolute Gasteiger partial charge is 0.338 e. The van der Waals surface area contributed by atoms with Gasteiger partial charge in [0, 0.05) is 30.5 Å². The minimum atomic E-state index is -0.939. The van der Waals surface area contributed by atoms with Crippen LogP contribution in [0.1, 0.15) is 23.7 Å². The molecule has 0 N–H and O–H groups in total. The number of nitro groups is 1. The lowest BCUT2D eigenvalue weighted by Gasteiger charge is -2.26. The molecule has 0 bridgehead atoms. The normalized spacial score (nSPS) is 12.0. The van der Waals surface area contributed by atoms with Crippen molar-refractivity contribution >= 4 is 23.4 Å². The predicted octanol–water partition coefficient (Wildman–Crippen LogP) is 2.95. The number of carbonyl (C=O) groups is 1. The zero-order valence-electron chi connectivity index (χ0n) is 11.6. The van der Waals surface area contributed by atoms with Gasteiger partial charge in [0.1, 0.15) is 0 Å². The van der Waals surface area contributed by atoms with Crippen molar-refractivity contribution in [3.05, 3.63) is 39.7 Å². The minimum Gasteiger partial charge on any atom is -0.338 e. The minimum absolute atomic E-state index is 0.0432. The van der Waals surface area contributed by atoms with E-state index in [0.29, 0.717) is 0 Å². The van der Waals surface area contributed by atoms with E-state index >= 15 is 0 Å². The Bertz CT molecular complexity index is 510. The van der Waals surface area contributed by atoms with Crippen molar-refractivity contribution in [2.24, 2.45) is 0 Å². The summed E-state index contributed by atoms with van der Waals surface area (Å²) in [5, 5.41) is 10.7. The molecule has 1 aromatic carbocycles.